The largest absolute Gasteiger partial charge is 0.497 e. The molecule has 29 heavy (non-hydrogen) atoms. The fourth-order valence-electron chi connectivity index (χ4n) is 3.59. The van der Waals surface area contributed by atoms with E-state index in [-0.39, 0.29) is 0 Å². The average molecular weight is 396 g/mol. The molecular formula is C22H28N4O3. The van der Waals surface area contributed by atoms with Crippen molar-refractivity contribution in [1.82, 2.24) is 14.3 Å². The summed E-state index contributed by atoms with van der Waals surface area (Å²) >= 11 is 0. The van der Waals surface area contributed by atoms with E-state index in [4.69, 9.17) is 19.2 Å². The Morgan fingerprint density at radius 3 is 2.76 bits per heavy atom. The Bertz CT molecular complexity index is 950. The lowest BCUT2D eigenvalue weighted by molar-refractivity contribution is 0.0378. The molecule has 7 nitrogen and oxygen atoms in total. The van der Waals surface area contributed by atoms with Crippen molar-refractivity contribution in [3.8, 4) is 22.8 Å². The third kappa shape index (κ3) is 4.63. The van der Waals surface area contributed by atoms with Crippen molar-refractivity contribution in [2.45, 2.75) is 6.42 Å². The average Bonchev–Trinajstić information content (AvgIpc) is 3.20. The van der Waals surface area contributed by atoms with Gasteiger partial charge in [0, 0.05) is 55.4 Å². The molecular weight excluding hydrogens is 368 g/mol. The maximum atomic E-state index is 5.52. The number of rotatable bonds is 8. The molecule has 2 aromatic heterocycles. The Balaban J connectivity index is 1.42. The van der Waals surface area contributed by atoms with E-state index in [1.54, 1.807) is 14.2 Å². The lowest BCUT2D eigenvalue weighted by Gasteiger charge is -2.26. The van der Waals surface area contributed by atoms with Crippen molar-refractivity contribution >= 4 is 11.3 Å². The minimum Gasteiger partial charge on any atom is -0.497 e. The normalized spacial score (nSPS) is 14.8. The highest BCUT2D eigenvalue weighted by Crippen LogP contribution is 2.33. The van der Waals surface area contributed by atoms with Crippen molar-refractivity contribution in [3.63, 3.8) is 0 Å². The van der Waals surface area contributed by atoms with Gasteiger partial charge in [-0.2, -0.15) is 0 Å². The molecule has 3 aromatic rings. The number of methoxy groups -OCH3 is 2. The number of ether oxygens (including phenoxy) is 3. The number of morpholine rings is 1. The second kappa shape index (κ2) is 9.15. The van der Waals surface area contributed by atoms with Crippen molar-refractivity contribution in [1.29, 1.82) is 0 Å². The van der Waals surface area contributed by atoms with Crippen molar-refractivity contribution in [3.05, 3.63) is 42.7 Å². The van der Waals surface area contributed by atoms with Crippen LogP contribution < -0.4 is 14.8 Å². The molecule has 0 aliphatic carbocycles. The zero-order valence-electron chi connectivity index (χ0n) is 17.1. The first-order chi connectivity index (χ1) is 14.3. The predicted octanol–water partition coefficient (Wildman–Crippen LogP) is 3.15. The summed E-state index contributed by atoms with van der Waals surface area (Å²) in [7, 11) is 3.31. The van der Waals surface area contributed by atoms with Crippen molar-refractivity contribution in [2.24, 2.45) is 0 Å². The molecule has 0 saturated carbocycles. The molecule has 1 N–H and O–H groups in total. The van der Waals surface area contributed by atoms with E-state index in [1.807, 2.05) is 35.0 Å². The molecule has 4 rings (SSSR count). The van der Waals surface area contributed by atoms with Crippen LogP contribution in [0.5, 0.6) is 11.5 Å². The Morgan fingerprint density at radius 2 is 1.97 bits per heavy atom. The third-order valence-corrected chi connectivity index (χ3v) is 5.23. The van der Waals surface area contributed by atoms with E-state index < -0.39 is 0 Å². The molecule has 0 spiro atoms. The summed E-state index contributed by atoms with van der Waals surface area (Å²) in [6.45, 7) is 5.82. The first kappa shape index (κ1) is 19.5. The Hall–Kier alpha value is -2.77. The first-order valence-electron chi connectivity index (χ1n) is 10.0. The van der Waals surface area contributed by atoms with Gasteiger partial charge in [-0.25, -0.2) is 4.98 Å². The van der Waals surface area contributed by atoms with Crippen LogP contribution >= 0.6 is 0 Å². The minimum absolute atomic E-state index is 0.745. The zero-order chi connectivity index (χ0) is 20.1. The van der Waals surface area contributed by atoms with Gasteiger partial charge in [0.25, 0.3) is 0 Å². The molecule has 0 unspecified atom stereocenters. The number of nitrogens with zero attached hydrogens (tertiary/aromatic N) is 3. The summed E-state index contributed by atoms with van der Waals surface area (Å²) in [6.07, 6.45) is 5.15. The molecule has 1 saturated heterocycles. The fourth-order valence-corrected chi connectivity index (χ4v) is 3.59. The molecule has 7 heteroatoms. The van der Waals surface area contributed by atoms with Crippen LogP contribution in [-0.4, -0.2) is 67.9 Å². The van der Waals surface area contributed by atoms with Gasteiger partial charge in [-0.1, -0.05) is 0 Å². The van der Waals surface area contributed by atoms with Crippen LogP contribution in [-0.2, 0) is 4.74 Å². The quantitative estimate of drug-likeness (QED) is 0.590. The summed E-state index contributed by atoms with van der Waals surface area (Å²) in [5, 5.41) is 3.51. The van der Waals surface area contributed by atoms with E-state index in [2.05, 4.69) is 22.3 Å². The van der Waals surface area contributed by atoms with Crippen LogP contribution in [0.25, 0.3) is 16.9 Å². The van der Waals surface area contributed by atoms with Crippen molar-refractivity contribution < 1.29 is 14.2 Å². The number of fused-ring (bicyclic) bond motifs is 1. The van der Waals surface area contributed by atoms with Crippen LogP contribution in [0.3, 0.4) is 0 Å². The molecule has 0 atom stereocenters. The number of aromatic nitrogens is 2. The number of hydrogen-bond donors (Lipinski definition) is 1. The standard InChI is InChI=1S/C22H28N4O3/c1-27-18-4-5-19(21(15-18)28-2)20-16-26-9-6-17(14-22(26)24-20)23-7-3-8-25-10-12-29-13-11-25/h4-6,9,14-16,23H,3,7-8,10-13H2,1-2H3. The fraction of sp³-hybridized carbons (Fsp3) is 0.409. The minimum atomic E-state index is 0.745. The monoisotopic (exact) mass is 396 g/mol. The molecule has 154 valence electrons. The zero-order valence-corrected chi connectivity index (χ0v) is 17.1. The summed E-state index contributed by atoms with van der Waals surface area (Å²) in [4.78, 5) is 7.25. The second-order valence-electron chi connectivity index (χ2n) is 7.11. The van der Waals surface area contributed by atoms with E-state index in [9.17, 15) is 0 Å². The van der Waals surface area contributed by atoms with Gasteiger partial charge in [0.2, 0.25) is 0 Å². The van der Waals surface area contributed by atoms with Crippen LogP contribution in [0.1, 0.15) is 6.42 Å². The van der Waals surface area contributed by atoms with Crippen LogP contribution in [0, 0.1) is 0 Å². The first-order valence-corrected chi connectivity index (χ1v) is 10.0. The number of imidazole rings is 1. The maximum Gasteiger partial charge on any atom is 0.139 e. The Labute approximate surface area is 171 Å². The molecule has 0 amide bonds. The van der Waals surface area contributed by atoms with Gasteiger partial charge in [-0.05, 0) is 31.2 Å². The van der Waals surface area contributed by atoms with Crippen LogP contribution in [0.2, 0.25) is 0 Å². The van der Waals surface area contributed by atoms with Gasteiger partial charge in [-0.15, -0.1) is 0 Å². The second-order valence-corrected chi connectivity index (χ2v) is 7.11. The van der Waals surface area contributed by atoms with E-state index >= 15 is 0 Å². The smallest absolute Gasteiger partial charge is 0.139 e. The lowest BCUT2D eigenvalue weighted by atomic mass is 10.1. The number of benzene rings is 1. The molecule has 1 aromatic carbocycles. The molecule has 3 heterocycles. The molecule has 1 aliphatic rings. The van der Waals surface area contributed by atoms with Gasteiger partial charge >= 0.3 is 0 Å². The molecule has 1 fully saturated rings. The highest BCUT2D eigenvalue weighted by Gasteiger charge is 2.12. The van der Waals surface area contributed by atoms with Gasteiger partial charge < -0.3 is 23.9 Å². The summed E-state index contributed by atoms with van der Waals surface area (Å²) in [5.74, 6) is 1.51. The summed E-state index contributed by atoms with van der Waals surface area (Å²) in [6, 6.07) is 9.93. The van der Waals surface area contributed by atoms with Gasteiger partial charge in [0.15, 0.2) is 0 Å². The molecule has 1 aliphatic heterocycles. The van der Waals surface area contributed by atoms with Crippen LogP contribution in [0.4, 0.5) is 5.69 Å². The summed E-state index contributed by atoms with van der Waals surface area (Å²) < 4.78 is 18.2. The number of hydrogen-bond acceptors (Lipinski definition) is 6. The third-order valence-electron chi connectivity index (χ3n) is 5.23. The van der Waals surface area contributed by atoms with E-state index in [1.165, 1.54) is 0 Å². The van der Waals surface area contributed by atoms with Gasteiger partial charge in [0.05, 0.1) is 33.1 Å². The lowest BCUT2D eigenvalue weighted by Crippen LogP contribution is -2.37. The number of anilines is 1. The Morgan fingerprint density at radius 1 is 1.10 bits per heavy atom. The van der Waals surface area contributed by atoms with Gasteiger partial charge in [0.1, 0.15) is 17.1 Å². The van der Waals surface area contributed by atoms with E-state index in [0.29, 0.717) is 0 Å². The predicted molar refractivity (Wildman–Crippen MR) is 114 cm³/mol. The highest BCUT2D eigenvalue weighted by atomic mass is 16.5. The number of nitrogens with one attached hydrogen (secondary N) is 1. The number of pyridine rings is 1. The van der Waals surface area contributed by atoms with Crippen molar-refractivity contribution in [2.75, 3.05) is 58.9 Å². The Kier molecular flexibility index (Phi) is 6.17. The van der Waals surface area contributed by atoms with Crippen LogP contribution in [0.15, 0.2) is 42.7 Å². The molecule has 0 bridgehead atoms. The highest BCUT2D eigenvalue weighted by molar-refractivity contribution is 5.71. The molecule has 0 radical (unpaired) electrons. The topological polar surface area (TPSA) is 60.3 Å². The van der Waals surface area contributed by atoms with Gasteiger partial charge in [-0.3, -0.25) is 4.90 Å². The maximum absolute atomic E-state index is 5.52. The SMILES string of the molecule is COc1ccc(-c2cn3ccc(NCCCN4CCOCC4)cc3n2)c(OC)c1. The summed E-state index contributed by atoms with van der Waals surface area (Å²) in [5.41, 5.74) is 3.79. The van der Waals surface area contributed by atoms with E-state index in [0.717, 1.165) is 79.9 Å².